The molecule has 0 amide bonds. The van der Waals surface area contributed by atoms with E-state index >= 15 is 0 Å². The number of aliphatic carboxylic acids is 1. The van der Waals surface area contributed by atoms with Gasteiger partial charge in [-0.3, -0.25) is 9.69 Å². The summed E-state index contributed by atoms with van der Waals surface area (Å²) >= 11 is 0. The largest absolute Gasteiger partial charge is 0.480 e. The van der Waals surface area contributed by atoms with E-state index in [0.717, 1.165) is 32.6 Å². The zero-order valence-corrected chi connectivity index (χ0v) is 12.6. The molecular weight excluding hydrogens is 271 g/mol. The summed E-state index contributed by atoms with van der Waals surface area (Å²) < 4.78 is 13.0. The maximum Gasteiger partial charge on any atom is 0.325 e. The molecule has 1 saturated heterocycles. The fourth-order valence-corrected chi connectivity index (χ4v) is 3.07. The van der Waals surface area contributed by atoms with Gasteiger partial charge in [-0.05, 0) is 37.6 Å². The van der Waals surface area contributed by atoms with Crippen LogP contribution in [0.15, 0.2) is 24.3 Å². The van der Waals surface area contributed by atoms with Gasteiger partial charge in [-0.25, -0.2) is 4.39 Å². The molecule has 116 valence electrons. The van der Waals surface area contributed by atoms with Crippen molar-refractivity contribution in [3.63, 3.8) is 0 Å². The minimum atomic E-state index is -0.877. The molecule has 2 rings (SSSR count). The number of carboxylic acids is 1. The topological polar surface area (TPSA) is 43.8 Å². The van der Waals surface area contributed by atoms with Crippen LogP contribution in [0.4, 0.5) is 4.39 Å². The summed E-state index contributed by atoms with van der Waals surface area (Å²) in [5, 5.41) is 9.59. The Balaban J connectivity index is 2.16. The van der Waals surface area contributed by atoms with Crippen molar-refractivity contribution >= 4 is 5.97 Å². The Labute approximate surface area is 125 Å². The van der Waals surface area contributed by atoms with Crippen LogP contribution >= 0.6 is 0 Å². The van der Waals surface area contributed by atoms with Crippen LogP contribution in [-0.4, -0.2) is 53.1 Å². The van der Waals surface area contributed by atoms with Crippen molar-refractivity contribution in [1.29, 1.82) is 0 Å². The fraction of sp³-hybridized carbons (Fsp3) is 0.562. The molecule has 2 unspecified atom stereocenters. The molecule has 1 aromatic carbocycles. The molecule has 2 atom stereocenters. The van der Waals surface area contributed by atoms with Crippen LogP contribution in [0.25, 0.3) is 0 Å². The van der Waals surface area contributed by atoms with E-state index in [1.54, 1.807) is 12.1 Å². The van der Waals surface area contributed by atoms with Gasteiger partial charge in [0, 0.05) is 25.7 Å². The van der Waals surface area contributed by atoms with E-state index in [0.29, 0.717) is 5.56 Å². The van der Waals surface area contributed by atoms with Crippen molar-refractivity contribution < 1.29 is 14.3 Å². The summed E-state index contributed by atoms with van der Waals surface area (Å²) in [6.07, 6.45) is 1.10. The van der Waals surface area contributed by atoms with Crippen LogP contribution in [0.2, 0.25) is 0 Å². The van der Waals surface area contributed by atoms with E-state index in [4.69, 9.17) is 0 Å². The smallest absolute Gasteiger partial charge is 0.325 e. The third kappa shape index (κ3) is 3.80. The van der Waals surface area contributed by atoms with Gasteiger partial charge in [0.2, 0.25) is 0 Å². The first kappa shape index (κ1) is 15.9. The molecule has 0 spiro atoms. The summed E-state index contributed by atoms with van der Waals surface area (Å²) in [5.74, 6) is -1.22. The molecule has 4 nitrogen and oxygen atoms in total. The third-order valence-electron chi connectivity index (χ3n) is 4.05. The maximum absolute atomic E-state index is 13.0. The molecule has 1 N–H and O–H groups in total. The van der Waals surface area contributed by atoms with E-state index < -0.39 is 12.0 Å². The number of carbonyl (C=O) groups is 1. The van der Waals surface area contributed by atoms with Crippen molar-refractivity contribution in [3.8, 4) is 0 Å². The highest BCUT2D eigenvalue weighted by Crippen LogP contribution is 2.26. The summed E-state index contributed by atoms with van der Waals surface area (Å²) in [6.45, 7) is 7.72. The first-order chi connectivity index (χ1) is 10.0. The average molecular weight is 294 g/mol. The maximum atomic E-state index is 13.0. The Morgan fingerprint density at radius 2 is 2.05 bits per heavy atom. The van der Waals surface area contributed by atoms with Crippen molar-refractivity contribution in [3.05, 3.63) is 35.6 Å². The number of hydrogen-bond acceptors (Lipinski definition) is 3. The Morgan fingerprint density at radius 1 is 1.38 bits per heavy atom. The standard InChI is InChI=1S/C16H23FN2O2/c1-3-8-18-9-10-19(12(2)11-18)15(16(20)21)13-4-6-14(17)7-5-13/h4-7,12,15H,3,8-11H2,1-2H3,(H,20,21). The second-order valence-corrected chi connectivity index (χ2v) is 5.68. The van der Waals surface area contributed by atoms with Gasteiger partial charge < -0.3 is 10.0 Å². The average Bonchev–Trinajstić information content (AvgIpc) is 2.43. The van der Waals surface area contributed by atoms with Gasteiger partial charge in [0.25, 0.3) is 0 Å². The third-order valence-corrected chi connectivity index (χ3v) is 4.05. The van der Waals surface area contributed by atoms with Crippen LogP contribution in [0.5, 0.6) is 0 Å². The van der Waals surface area contributed by atoms with Gasteiger partial charge in [0.05, 0.1) is 0 Å². The molecule has 0 radical (unpaired) electrons. The summed E-state index contributed by atoms with van der Waals surface area (Å²) in [4.78, 5) is 16.1. The van der Waals surface area contributed by atoms with Gasteiger partial charge in [-0.15, -0.1) is 0 Å². The number of carboxylic acid groups (broad SMARTS) is 1. The van der Waals surface area contributed by atoms with Crippen LogP contribution in [0.1, 0.15) is 31.9 Å². The van der Waals surface area contributed by atoms with Gasteiger partial charge >= 0.3 is 5.97 Å². The van der Waals surface area contributed by atoms with Crippen LogP contribution in [0.3, 0.4) is 0 Å². The van der Waals surface area contributed by atoms with E-state index in [2.05, 4.69) is 18.7 Å². The monoisotopic (exact) mass is 294 g/mol. The highest BCUT2D eigenvalue weighted by Gasteiger charge is 2.34. The lowest BCUT2D eigenvalue weighted by molar-refractivity contribution is -0.145. The quantitative estimate of drug-likeness (QED) is 0.905. The van der Waals surface area contributed by atoms with Gasteiger partial charge in [0.1, 0.15) is 11.9 Å². The normalized spacial score (nSPS) is 22.1. The van der Waals surface area contributed by atoms with E-state index in [1.807, 2.05) is 4.90 Å². The molecule has 0 aromatic heterocycles. The Bertz CT molecular complexity index is 478. The fourth-order valence-electron chi connectivity index (χ4n) is 3.07. The predicted molar refractivity (Wildman–Crippen MR) is 79.7 cm³/mol. The number of benzene rings is 1. The Morgan fingerprint density at radius 3 is 2.57 bits per heavy atom. The highest BCUT2D eigenvalue weighted by molar-refractivity contribution is 5.75. The van der Waals surface area contributed by atoms with Gasteiger partial charge in [-0.2, -0.15) is 0 Å². The second kappa shape index (κ2) is 7.00. The lowest BCUT2D eigenvalue weighted by atomic mass is 10.0. The van der Waals surface area contributed by atoms with Crippen molar-refractivity contribution in [2.75, 3.05) is 26.2 Å². The van der Waals surface area contributed by atoms with Crippen LogP contribution < -0.4 is 0 Å². The van der Waals surface area contributed by atoms with E-state index in [-0.39, 0.29) is 11.9 Å². The van der Waals surface area contributed by atoms with Gasteiger partial charge in [-0.1, -0.05) is 19.1 Å². The molecule has 0 aliphatic carbocycles. The molecule has 1 fully saturated rings. The zero-order chi connectivity index (χ0) is 15.4. The number of piperazine rings is 1. The summed E-state index contributed by atoms with van der Waals surface area (Å²) in [6, 6.07) is 5.24. The number of hydrogen-bond donors (Lipinski definition) is 1. The molecule has 1 aliphatic heterocycles. The Hall–Kier alpha value is -1.46. The number of halogens is 1. The molecule has 1 heterocycles. The van der Waals surface area contributed by atoms with Crippen molar-refractivity contribution in [1.82, 2.24) is 9.80 Å². The molecule has 0 saturated carbocycles. The first-order valence-electron chi connectivity index (χ1n) is 7.49. The molecule has 21 heavy (non-hydrogen) atoms. The van der Waals surface area contributed by atoms with Crippen LogP contribution in [-0.2, 0) is 4.79 Å². The molecule has 5 heteroatoms. The van der Waals surface area contributed by atoms with Gasteiger partial charge in [0.15, 0.2) is 0 Å². The minimum absolute atomic E-state index is 0.163. The molecule has 1 aromatic rings. The molecule has 0 bridgehead atoms. The second-order valence-electron chi connectivity index (χ2n) is 5.68. The highest BCUT2D eigenvalue weighted by atomic mass is 19.1. The lowest BCUT2D eigenvalue weighted by Gasteiger charge is -2.42. The SMILES string of the molecule is CCCN1CCN(C(C(=O)O)c2ccc(F)cc2)C(C)C1. The lowest BCUT2D eigenvalue weighted by Crippen LogP contribution is -2.54. The van der Waals surface area contributed by atoms with Crippen molar-refractivity contribution in [2.24, 2.45) is 0 Å². The molecular formula is C16H23FN2O2. The van der Waals surface area contributed by atoms with Crippen molar-refractivity contribution in [2.45, 2.75) is 32.4 Å². The van der Waals surface area contributed by atoms with E-state index in [1.165, 1.54) is 12.1 Å². The Kier molecular flexibility index (Phi) is 5.31. The number of nitrogens with zero attached hydrogens (tertiary/aromatic N) is 2. The zero-order valence-electron chi connectivity index (χ0n) is 12.6. The number of rotatable bonds is 5. The summed E-state index contributed by atoms with van der Waals surface area (Å²) in [7, 11) is 0. The minimum Gasteiger partial charge on any atom is -0.480 e. The van der Waals surface area contributed by atoms with E-state index in [9.17, 15) is 14.3 Å². The summed E-state index contributed by atoms with van der Waals surface area (Å²) in [5.41, 5.74) is 0.639. The molecule has 1 aliphatic rings. The first-order valence-corrected chi connectivity index (χ1v) is 7.49. The van der Waals surface area contributed by atoms with Crippen LogP contribution in [0, 0.1) is 5.82 Å². The predicted octanol–water partition coefficient (Wildman–Crippen LogP) is 2.37.